The number of carbonyl (C=O) groups excluding carboxylic acids is 1. The second-order valence-electron chi connectivity index (χ2n) is 4.94. The molecule has 0 unspecified atom stereocenters. The summed E-state index contributed by atoms with van der Waals surface area (Å²) >= 11 is 0. The predicted octanol–water partition coefficient (Wildman–Crippen LogP) is 3.43. The Kier molecular flexibility index (Phi) is 2.99. The number of benzene rings is 2. The maximum Gasteiger partial charge on any atom is 0.276 e. The molecule has 20 heavy (non-hydrogen) atoms. The molecule has 1 heterocycles. The van der Waals surface area contributed by atoms with E-state index in [-0.39, 0.29) is 5.91 Å². The minimum atomic E-state index is -0.203. The minimum Gasteiger partial charge on any atom is -0.321 e. The van der Waals surface area contributed by atoms with Crippen LogP contribution in [-0.4, -0.2) is 16.1 Å². The van der Waals surface area contributed by atoms with E-state index in [0.29, 0.717) is 5.69 Å². The largest absolute Gasteiger partial charge is 0.321 e. The zero-order chi connectivity index (χ0) is 14.1. The van der Waals surface area contributed by atoms with Crippen molar-refractivity contribution in [2.75, 3.05) is 5.32 Å². The SMILES string of the molecule is Cc1ccc(NC(=O)c2n[nH]c3ccc(C)cc23)cc1. The Morgan fingerprint density at radius 2 is 1.75 bits per heavy atom. The molecular formula is C16H15N3O. The van der Waals surface area contributed by atoms with Gasteiger partial charge in [-0.15, -0.1) is 0 Å². The third-order valence-corrected chi connectivity index (χ3v) is 3.24. The second kappa shape index (κ2) is 4.81. The Balaban J connectivity index is 1.92. The standard InChI is InChI=1S/C16H15N3O/c1-10-3-6-12(7-4-10)17-16(20)15-13-9-11(2)5-8-14(13)18-19-15/h3-9H,1-2H3,(H,17,20)(H,18,19). The number of aromatic nitrogens is 2. The number of aryl methyl sites for hydroxylation is 2. The molecule has 0 aliphatic rings. The number of carbonyl (C=O) groups is 1. The van der Waals surface area contributed by atoms with E-state index in [4.69, 9.17) is 0 Å². The number of anilines is 1. The van der Waals surface area contributed by atoms with E-state index in [1.807, 2.05) is 56.3 Å². The van der Waals surface area contributed by atoms with E-state index in [1.54, 1.807) is 0 Å². The molecule has 0 fully saturated rings. The number of hydrogen-bond donors (Lipinski definition) is 2. The van der Waals surface area contributed by atoms with Crippen molar-refractivity contribution in [2.45, 2.75) is 13.8 Å². The normalized spacial score (nSPS) is 10.7. The summed E-state index contributed by atoms with van der Waals surface area (Å²) < 4.78 is 0. The number of nitrogens with one attached hydrogen (secondary N) is 2. The molecule has 0 bridgehead atoms. The molecule has 4 heteroatoms. The van der Waals surface area contributed by atoms with Crippen molar-refractivity contribution in [3.8, 4) is 0 Å². The summed E-state index contributed by atoms with van der Waals surface area (Å²) in [6, 6.07) is 13.6. The average Bonchev–Trinajstić information content (AvgIpc) is 2.84. The summed E-state index contributed by atoms with van der Waals surface area (Å²) in [6.07, 6.45) is 0. The van der Waals surface area contributed by atoms with Crippen LogP contribution < -0.4 is 5.32 Å². The van der Waals surface area contributed by atoms with Gasteiger partial charge in [0.25, 0.3) is 5.91 Å². The van der Waals surface area contributed by atoms with Gasteiger partial charge in [-0.05, 0) is 38.1 Å². The van der Waals surface area contributed by atoms with Crippen molar-refractivity contribution >= 4 is 22.5 Å². The van der Waals surface area contributed by atoms with E-state index < -0.39 is 0 Å². The van der Waals surface area contributed by atoms with Gasteiger partial charge < -0.3 is 5.32 Å². The highest BCUT2D eigenvalue weighted by atomic mass is 16.1. The zero-order valence-corrected chi connectivity index (χ0v) is 11.4. The maximum absolute atomic E-state index is 12.3. The lowest BCUT2D eigenvalue weighted by Crippen LogP contribution is -2.12. The highest BCUT2D eigenvalue weighted by molar-refractivity contribution is 6.11. The molecule has 1 aromatic heterocycles. The maximum atomic E-state index is 12.3. The second-order valence-corrected chi connectivity index (χ2v) is 4.94. The Morgan fingerprint density at radius 1 is 1.05 bits per heavy atom. The van der Waals surface area contributed by atoms with Gasteiger partial charge >= 0.3 is 0 Å². The highest BCUT2D eigenvalue weighted by Crippen LogP contribution is 2.19. The molecule has 4 nitrogen and oxygen atoms in total. The molecule has 3 aromatic rings. The molecule has 2 N–H and O–H groups in total. The first kappa shape index (κ1) is 12.4. The van der Waals surface area contributed by atoms with Gasteiger partial charge in [0.1, 0.15) is 0 Å². The first-order valence-electron chi connectivity index (χ1n) is 6.46. The van der Waals surface area contributed by atoms with Crippen LogP contribution in [0.5, 0.6) is 0 Å². The van der Waals surface area contributed by atoms with E-state index in [1.165, 1.54) is 0 Å². The van der Waals surface area contributed by atoms with E-state index >= 15 is 0 Å². The van der Waals surface area contributed by atoms with Gasteiger partial charge in [-0.3, -0.25) is 9.89 Å². The number of aromatic amines is 1. The molecule has 0 aliphatic carbocycles. The lowest BCUT2D eigenvalue weighted by molar-refractivity contribution is 0.102. The van der Waals surface area contributed by atoms with Gasteiger partial charge in [0.15, 0.2) is 5.69 Å². The number of H-pyrrole nitrogens is 1. The van der Waals surface area contributed by atoms with Gasteiger partial charge in [0, 0.05) is 11.1 Å². The first-order valence-corrected chi connectivity index (χ1v) is 6.46. The van der Waals surface area contributed by atoms with Gasteiger partial charge in [-0.25, -0.2) is 0 Å². The highest BCUT2D eigenvalue weighted by Gasteiger charge is 2.14. The molecule has 3 rings (SSSR count). The smallest absolute Gasteiger partial charge is 0.276 e. The molecular weight excluding hydrogens is 250 g/mol. The predicted molar refractivity (Wildman–Crippen MR) is 80.0 cm³/mol. The van der Waals surface area contributed by atoms with Gasteiger partial charge in [0.05, 0.1) is 5.52 Å². The van der Waals surface area contributed by atoms with Crippen LogP contribution in [0.4, 0.5) is 5.69 Å². The Morgan fingerprint density at radius 3 is 2.50 bits per heavy atom. The van der Waals surface area contributed by atoms with Crippen molar-refractivity contribution in [3.63, 3.8) is 0 Å². The topological polar surface area (TPSA) is 57.8 Å². The average molecular weight is 265 g/mol. The zero-order valence-electron chi connectivity index (χ0n) is 11.4. The molecule has 0 radical (unpaired) electrons. The van der Waals surface area contributed by atoms with Crippen molar-refractivity contribution in [1.82, 2.24) is 10.2 Å². The van der Waals surface area contributed by atoms with E-state index in [0.717, 1.165) is 27.7 Å². The van der Waals surface area contributed by atoms with Gasteiger partial charge in [0.2, 0.25) is 0 Å². The molecule has 0 saturated carbocycles. The molecule has 0 spiro atoms. The Labute approximate surface area is 116 Å². The van der Waals surface area contributed by atoms with Crippen LogP contribution in [0.1, 0.15) is 21.6 Å². The third kappa shape index (κ3) is 2.28. The van der Waals surface area contributed by atoms with Crippen LogP contribution in [-0.2, 0) is 0 Å². The van der Waals surface area contributed by atoms with Crippen LogP contribution in [0, 0.1) is 13.8 Å². The summed E-state index contributed by atoms with van der Waals surface area (Å²) in [6.45, 7) is 4.00. The lowest BCUT2D eigenvalue weighted by Gasteiger charge is -2.04. The summed E-state index contributed by atoms with van der Waals surface area (Å²) in [5.41, 5.74) is 4.31. The summed E-state index contributed by atoms with van der Waals surface area (Å²) in [4.78, 5) is 12.3. The number of hydrogen-bond acceptors (Lipinski definition) is 2. The molecule has 100 valence electrons. The summed E-state index contributed by atoms with van der Waals surface area (Å²) in [7, 11) is 0. The van der Waals surface area contributed by atoms with Crippen molar-refractivity contribution < 1.29 is 4.79 Å². The number of fused-ring (bicyclic) bond motifs is 1. The van der Waals surface area contributed by atoms with Crippen LogP contribution in [0.2, 0.25) is 0 Å². The molecule has 0 saturated heterocycles. The van der Waals surface area contributed by atoms with Crippen LogP contribution >= 0.6 is 0 Å². The van der Waals surface area contributed by atoms with Crippen molar-refractivity contribution in [1.29, 1.82) is 0 Å². The fourth-order valence-electron chi connectivity index (χ4n) is 2.13. The summed E-state index contributed by atoms with van der Waals surface area (Å²) in [5.74, 6) is -0.203. The quantitative estimate of drug-likeness (QED) is 0.745. The van der Waals surface area contributed by atoms with E-state index in [9.17, 15) is 4.79 Å². The monoisotopic (exact) mass is 265 g/mol. The number of nitrogens with zero attached hydrogens (tertiary/aromatic N) is 1. The van der Waals surface area contributed by atoms with Gasteiger partial charge in [-0.2, -0.15) is 5.10 Å². The van der Waals surface area contributed by atoms with Crippen molar-refractivity contribution in [3.05, 3.63) is 59.3 Å². The van der Waals surface area contributed by atoms with Crippen LogP contribution in [0.25, 0.3) is 10.9 Å². The Bertz CT molecular complexity index is 772. The molecule has 0 aliphatic heterocycles. The molecule has 0 atom stereocenters. The summed E-state index contributed by atoms with van der Waals surface area (Å²) in [5, 5.41) is 10.7. The minimum absolute atomic E-state index is 0.203. The van der Waals surface area contributed by atoms with Gasteiger partial charge in [-0.1, -0.05) is 29.3 Å². The van der Waals surface area contributed by atoms with E-state index in [2.05, 4.69) is 15.5 Å². The van der Waals surface area contributed by atoms with Crippen LogP contribution in [0.15, 0.2) is 42.5 Å². The molecule has 1 amide bonds. The van der Waals surface area contributed by atoms with Crippen molar-refractivity contribution in [2.24, 2.45) is 0 Å². The number of amides is 1. The Hall–Kier alpha value is -2.62. The number of rotatable bonds is 2. The lowest BCUT2D eigenvalue weighted by atomic mass is 10.1. The first-order chi connectivity index (χ1) is 9.63. The third-order valence-electron chi connectivity index (χ3n) is 3.24. The fraction of sp³-hybridized carbons (Fsp3) is 0.125. The fourth-order valence-corrected chi connectivity index (χ4v) is 2.13. The van der Waals surface area contributed by atoms with Crippen LogP contribution in [0.3, 0.4) is 0 Å². The molecule has 2 aromatic carbocycles.